The monoisotopic (exact) mass is 181 g/mol. The molecule has 13 heavy (non-hydrogen) atoms. The Morgan fingerprint density at radius 2 is 2.31 bits per heavy atom. The van der Waals surface area contributed by atoms with E-state index in [1.807, 2.05) is 0 Å². The van der Waals surface area contributed by atoms with Gasteiger partial charge in [0.15, 0.2) is 0 Å². The first kappa shape index (κ1) is 8.48. The molecule has 1 aromatic heterocycles. The molecule has 0 saturated heterocycles. The van der Waals surface area contributed by atoms with Gasteiger partial charge in [0.2, 0.25) is 5.95 Å². The van der Waals surface area contributed by atoms with Gasteiger partial charge in [-0.15, -0.1) is 0 Å². The summed E-state index contributed by atoms with van der Waals surface area (Å²) < 4.78 is 17.8. The molecule has 0 amide bonds. The third kappa shape index (κ3) is 2.17. The van der Waals surface area contributed by atoms with Crippen molar-refractivity contribution in [3.63, 3.8) is 0 Å². The molecule has 0 bridgehead atoms. The van der Waals surface area contributed by atoms with Gasteiger partial charge in [0, 0.05) is 0 Å². The smallest absolute Gasteiger partial charge is 0.213 e. The van der Waals surface area contributed by atoms with Crippen LogP contribution in [-0.2, 0) is 0 Å². The molecule has 0 aromatic carbocycles. The van der Waals surface area contributed by atoms with E-state index in [1.165, 1.54) is 31.5 Å². The van der Waals surface area contributed by atoms with Gasteiger partial charge in [0.1, 0.15) is 5.75 Å². The fourth-order valence-electron chi connectivity index (χ4n) is 1.32. The molecule has 0 N–H and O–H groups in total. The second kappa shape index (κ2) is 3.73. The second-order valence-electron chi connectivity index (χ2n) is 3.42. The average Bonchev–Trinajstić information content (AvgIpc) is 2.05. The van der Waals surface area contributed by atoms with E-state index in [-0.39, 0.29) is 0 Å². The fourth-order valence-corrected chi connectivity index (χ4v) is 1.32. The number of hydrogen-bond donors (Lipinski definition) is 0. The number of aromatic nitrogens is 1. The minimum Gasteiger partial charge on any atom is -0.492 e. The van der Waals surface area contributed by atoms with Gasteiger partial charge in [-0.2, -0.15) is 4.39 Å². The number of pyridine rings is 1. The van der Waals surface area contributed by atoms with Crippen LogP contribution in [0.2, 0.25) is 0 Å². The molecule has 1 aliphatic carbocycles. The third-order valence-electron chi connectivity index (χ3n) is 2.41. The summed E-state index contributed by atoms with van der Waals surface area (Å²) in [6.45, 7) is 0.743. The van der Waals surface area contributed by atoms with Crippen LogP contribution in [0.1, 0.15) is 19.3 Å². The van der Waals surface area contributed by atoms with E-state index in [9.17, 15) is 4.39 Å². The SMILES string of the molecule is Fc1ccc(OCC2CCC2)cn1. The number of ether oxygens (including phenoxy) is 1. The van der Waals surface area contributed by atoms with Crippen LogP contribution in [0.5, 0.6) is 5.75 Å². The van der Waals surface area contributed by atoms with Crippen molar-refractivity contribution >= 4 is 0 Å². The number of hydrogen-bond acceptors (Lipinski definition) is 2. The summed E-state index contributed by atoms with van der Waals surface area (Å²) in [6.07, 6.45) is 5.26. The first-order valence-electron chi connectivity index (χ1n) is 4.59. The molecule has 70 valence electrons. The van der Waals surface area contributed by atoms with Gasteiger partial charge in [-0.3, -0.25) is 0 Å². The zero-order valence-corrected chi connectivity index (χ0v) is 7.37. The lowest BCUT2D eigenvalue weighted by molar-refractivity contribution is 0.180. The van der Waals surface area contributed by atoms with E-state index in [0.717, 1.165) is 6.61 Å². The predicted octanol–water partition coefficient (Wildman–Crippen LogP) is 2.40. The number of nitrogens with zero attached hydrogens (tertiary/aromatic N) is 1. The van der Waals surface area contributed by atoms with E-state index in [4.69, 9.17) is 4.74 Å². The Hall–Kier alpha value is -1.12. The van der Waals surface area contributed by atoms with Crippen LogP contribution in [0.3, 0.4) is 0 Å². The van der Waals surface area contributed by atoms with Crippen LogP contribution in [-0.4, -0.2) is 11.6 Å². The molecule has 3 heteroatoms. The minimum atomic E-state index is -0.462. The Bertz CT molecular complexity index is 269. The Morgan fingerprint density at radius 1 is 1.46 bits per heavy atom. The zero-order chi connectivity index (χ0) is 9.10. The van der Waals surface area contributed by atoms with Crippen molar-refractivity contribution in [2.45, 2.75) is 19.3 Å². The first-order valence-corrected chi connectivity index (χ1v) is 4.59. The second-order valence-corrected chi connectivity index (χ2v) is 3.42. The van der Waals surface area contributed by atoms with E-state index in [1.54, 1.807) is 6.07 Å². The molecule has 1 fully saturated rings. The van der Waals surface area contributed by atoms with Crippen molar-refractivity contribution in [3.8, 4) is 5.75 Å². The molecule has 0 spiro atoms. The molecule has 0 unspecified atom stereocenters. The summed E-state index contributed by atoms with van der Waals surface area (Å²) in [4.78, 5) is 3.51. The molecule has 1 aliphatic rings. The summed E-state index contributed by atoms with van der Waals surface area (Å²) >= 11 is 0. The predicted molar refractivity (Wildman–Crippen MR) is 47.0 cm³/mol. The summed E-state index contributed by atoms with van der Waals surface area (Å²) in [5.41, 5.74) is 0. The van der Waals surface area contributed by atoms with Gasteiger partial charge in [-0.1, -0.05) is 6.42 Å². The van der Waals surface area contributed by atoms with Crippen molar-refractivity contribution < 1.29 is 9.13 Å². The van der Waals surface area contributed by atoms with Crippen molar-refractivity contribution in [2.75, 3.05) is 6.61 Å². The van der Waals surface area contributed by atoms with Crippen LogP contribution in [0, 0.1) is 11.9 Å². The molecular formula is C10H12FNO. The Morgan fingerprint density at radius 3 is 2.85 bits per heavy atom. The lowest BCUT2D eigenvalue weighted by Gasteiger charge is -2.24. The highest BCUT2D eigenvalue weighted by molar-refractivity contribution is 5.16. The summed E-state index contributed by atoms with van der Waals surface area (Å²) in [5, 5.41) is 0. The average molecular weight is 181 g/mol. The Kier molecular flexibility index (Phi) is 2.43. The molecule has 1 aromatic rings. The van der Waals surface area contributed by atoms with Gasteiger partial charge in [0.05, 0.1) is 12.8 Å². The fraction of sp³-hybridized carbons (Fsp3) is 0.500. The highest BCUT2D eigenvalue weighted by Crippen LogP contribution is 2.26. The quantitative estimate of drug-likeness (QED) is 0.668. The van der Waals surface area contributed by atoms with Gasteiger partial charge in [0.25, 0.3) is 0 Å². The highest BCUT2D eigenvalue weighted by atomic mass is 19.1. The summed E-state index contributed by atoms with van der Waals surface area (Å²) in [5.74, 6) is 0.898. The van der Waals surface area contributed by atoms with Crippen LogP contribution in [0.25, 0.3) is 0 Å². The van der Waals surface area contributed by atoms with Crippen LogP contribution >= 0.6 is 0 Å². The van der Waals surface area contributed by atoms with Gasteiger partial charge >= 0.3 is 0 Å². The van der Waals surface area contributed by atoms with Crippen molar-refractivity contribution in [1.29, 1.82) is 0 Å². The standard InChI is InChI=1S/C10H12FNO/c11-10-5-4-9(6-12-10)13-7-8-2-1-3-8/h4-6,8H,1-3,7H2. The van der Waals surface area contributed by atoms with Crippen molar-refractivity contribution in [1.82, 2.24) is 4.98 Å². The van der Waals surface area contributed by atoms with E-state index in [2.05, 4.69) is 4.98 Å². The maximum Gasteiger partial charge on any atom is 0.213 e. The summed E-state index contributed by atoms with van der Waals surface area (Å²) in [6, 6.07) is 2.93. The molecule has 0 atom stereocenters. The third-order valence-corrected chi connectivity index (χ3v) is 2.41. The molecule has 0 radical (unpaired) electrons. The molecular weight excluding hydrogens is 169 g/mol. The lowest BCUT2D eigenvalue weighted by Crippen LogP contribution is -2.19. The lowest BCUT2D eigenvalue weighted by atomic mass is 9.86. The zero-order valence-electron chi connectivity index (χ0n) is 7.37. The van der Waals surface area contributed by atoms with Crippen molar-refractivity contribution in [3.05, 3.63) is 24.3 Å². The highest BCUT2D eigenvalue weighted by Gasteiger charge is 2.17. The maximum absolute atomic E-state index is 12.4. The first-order chi connectivity index (χ1) is 6.34. The maximum atomic E-state index is 12.4. The van der Waals surface area contributed by atoms with Crippen molar-refractivity contribution in [2.24, 2.45) is 5.92 Å². The van der Waals surface area contributed by atoms with Gasteiger partial charge in [-0.05, 0) is 30.9 Å². The topological polar surface area (TPSA) is 22.1 Å². The van der Waals surface area contributed by atoms with Crippen LogP contribution < -0.4 is 4.74 Å². The number of halogens is 1. The molecule has 1 saturated carbocycles. The van der Waals surface area contributed by atoms with E-state index >= 15 is 0 Å². The Labute approximate surface area is 76.7 Å². The minimum absolute atomic E-state index is 0.462. The normalized spacial score (nSPS) is 16.7. The Balaban J connectivity index is 1.83. The molecule has 0 aliphatic heterocycles. The number of rotatable bonds is 3. The van der Waals surface area contributed by atoms with Crippen LogP contribution in [0.4, 0.5) is 4.39 Å². The molecule has 2 nitrogen and oxygen atoms in total. The van der Waals surface area contributed by atoms with E-state index in [0.29, 0.717) is 11.7 Å². The van der Waals surface area contributed by atoms with Gasteiger partial charge < -0.3 is 4.74 Å². The van der Waals surface area contributed by atoms with Gasteiger partial charge in [-0.25, -0.2) is 4.98 Å². The van der Waals surface area contributed by atoms with E-state index < -0.39 is 5.95 Å². The van der Waals surface area contributed by atoms with Crippen LogP contribution in [0.15, 0.2) is 18.3 Å². The molecule has 1 heterocycles. The molecule has 2 rings (SSSR count). The summed E-state index contributed by atoms with van der Waals surface area (Å²) in [7, 11) is 0. The largest absolute Gasteiger partial charge is 0.492 e.